The van der Waals surface area contributed by atoms with Crippen LogP contribution in [0.2, 0.25) is 0 Å². The highest BCUT2D eigenvalue weighted by molar-refractivity contribution is 4.97. The Kier molecular flexibility index (Phi) is 4.60. The van der Waals surface area contributed by atoms with Crippen LogP contribution in [-0.4, -0.2) is 24.0 Å². The maximum absolute atomic E-state index is 9.07. The van der Waals surface area contributed by atoms with Crippen LogP contribution in [0, 0.1) is 23.2 Å². The standard InChI is InChI=1S/C13H24N2/c1-10(2)8-11(3)15(4)13-7-5-6-12(13)9-14/h10-13H,5-8H2,1-4H3. The van der Waals surface area contributed by atoms with Gasteiger partial charge in [-0.05, 0) is 39.2 Å². The summed E-state index contributed by atoms with van der Waals surface area (Å²) in [5, 5.41) is 9.07. The third kappa shape index (κ3) is 3.21. The molecule has 1 fully saturated rings. The predicted octanol–water partition coefficient (Wildman–Crippen LogP) is 3.05. The minimum atomic E-state index is 0.268. The van der Waals surface area contributed by atoms with Crippen molar-refractivity contribution < 1.29 is 0 Å². The molecule has 1 saturated carbocycles. The predicted molar refractivity (Wildman–Crippen MR) is 63.4 cm³/mol. The minimum Gasteiger partial charge on any atom is -0.299 e. The maximum Gasteiger partial charge on any atom is 0.0672 e. The van der Waals surface area contributed by atoms with E-state index in [0.29, 0.717) is 12.1 Å². The molecular weight excluding hydrogens is 184 g/mol. The average Bonchev–Trinajstić information content (AvgIpc) is 2.62. The zero-order valence-corrected chi connectivity index (χ0v) is 10.5. The average molecular weight is 208 g/mol. The molecule has 2 nitrogen and oxygen atoms in total. The zero-order valence-electron chi connectivity index (χ0n) is 10.5. The van der Waals surface area contributed by atoms with Gasteiger partial charge in [0, 0.05) is 12.1 Å². The van der Waals surface area contributed by atoms with Crippen molar-refractivity contribution in [3.8, 4) is 6.07 Å². The van der Waals surface area contributed by atoms with Gasteiger partial charge >= 0.3 is 0 Å². The number of rotatable bonds is 4. The van der Waals surface area contributed by atoms with Crippen LogP contribution in [0.5, 0.6) is 0 Å². The summed E-state index contributed by atoms with van der Waals surface area (Å²) in [5.74, 6) is 1.01. The van der Waals surface area contributed by atoms with E-state index in [9.17, 15) is 0 Å². The second-order valence-corrected chi connectivity index (χ2v) is 5.38. The molecule has 0 aromatic carbocycles. The van der Waals surface area contributed by atoms with Crippen molar-refractivity contribution in [2.45, 2.75) is 58.5 Å². The highest BCUT2D eigenvalue weighted by atomic mass is 15.2. The molecule has 1 aliphatic rings. The molecule has 0 N–H and O–H groups in total. The topological polar surface area (TPSA) is 27.0 Å². The lowest BCUT2D eigenvalue weighted by Crippen LogP contribution is -2.41. The number of hydrogen-bond acceptors (Lipinski definition) is 2. The van der Waals surface area contributed by atoms with E-state index in [0.717, 1.165) is 12.3 Å². The molecule has 0 radical (unpaired) electrons. The fraction of sp³-hybridized carbons (Fsp3) is 0.923. The van der Waals surface area contributed by atoms with Crippen molar-refractivity contribution in [2.75, 3.05) is 7.05 Å². The van der Waals surface area contributed by atoms with Crippen LogP contribution < -0.4 is 0 Å². The Balaban J connectivity index is 2.52. The fourth-order valence-electron chi connectivity index (χ4n) is 2.75. The van der Waals surface area contributed by atoms with Crippen LogP contribution in [0.15, 0.2) is 0 Å². The third-order valence-corrected chi connectivity index (χ3v) is 3.68. The van der Waals surface area contributed by atoms with Gasteiger partial charge in [0.25, 0.3) is 0 Å². The summed E-state index contributed by atoms with van der Waals surface area (Å²) in [6, 6.07) is 3.57. The summed E-state index contributed by atoms with van der Waals surface area (Å²) in [6.07, 6.45) is 4.75. The first kappa shape index (κ1) is 12.5. The van der Waals surface area contributed by atoms with Crippen LogP contribution in [0.1, 0.15) is 46.5 Å². The highest BCUT2D eigenvalue weighted by Crippen LogP contribution is 2.30. The van der Waals surface area contributed by atoms with Gasteiger partial charge in [0.2, 0.25) is 0 Å². The first-order chi connectivity index (χ1) is 7.06. The minimum absolute atomic E-state index is 0.268. The quantitative estimate of drug-likeness (QED) is 0.710. The van der Waals surface area contributed by atoms with E-state index >= 15 is 0 Å². The monoisotopic (exact) mass is 208 g/mol. The van der Waals surface area contributed by atoms with E-state index < -0.39 is 0 Å². The summed E-state index contributed by atoms with van der Waals surface area (Å²) in [5.41, 5.74) is 0. The molecule has 86 valence electrons. The van der Waals surface area contributed by atoms with Crippen LogP contribution in [-0.2, 0) is 0 Å². The van der Waals surface area contributed by atoms with Gasteiger partial charge in [0.1, 0.15) is 0 Å². The van der Waals surface area contributed by atoms with Crippen molar-refractivity contribution in [3.63, 3.8) is 0 Å². The number of nitriles is 1. The van der Waals surface area contributed by atoms with Crippen molar-refractivity contribution >= 4 is 0 Å². The van der Waals surface area contributed by atoms with Gasteiger partial charge in [-0.3, -0.25) is 4.90 Å². The largest absolute Gasteiger partial charge is 0.299 e. The summed E-state index contributed by atoms with van der Waals surface area (Å²) in [7, 11) is 2.19. The van der Waals surface area contributed by atoms with E-state index in [1.54, 1.807) is 0 Å². The van der Waals surface area contributed by atoms with Crippen molar-refractivity contribution in [3.05, 3.63) is 0 Å². The zero-order chi connectivity index (χ0) is 11.4. The van der Waals surface area contributed by atoms with E-state index in [-0.39, 0.29) is 5.92 Å². The van der Waals surface area contributed by atoms with E-state index in [1.165, 1.54) is 19.3 Å². The molecular formula is C13H24N2. The Morgan fingerprint density at radius 1 is 1.33 bits per heavy atom. The molecule has 15 heavy (non-hydrogen) atoms. The van der Waals surface area contributed by atoms with Gasteiger partial charge in [-0.25, -0.2) is 0 Å². The Labute approximate surface area is 94.3 Å². The first-order valence-electron chi connectivity index (χ1n) is 6.17. The molecule has 1 aliphatic carbocycles. The first-order valence-corrected chi connectivity index (χ1v) is 6.17. The molecule has 0 aromatic heterocycles. The van der Waals surface area contributed by atoms with Gasteiger partial charge < -0.3 is 0 Å². The van der Waals surface area contributed by atoms with Gasteiger partial charge in [-0.1, -0.05) is 20.3 Å². The summed E-state index contributed by atoms with van der Waals surface area (Å²) >= 11 is 0. The fourth-order valence-corrected chi connectivity index (χ4v) is 2.75. The van der Waals surface area contributed by atoms with Crippen molar-refractivity contribution in [2.24, 2.45) is 11.8 Å². The van der Waals surface area contributed by atoms with Crippen LogP contribution in [0.3, 0.4) is 0 Å². The van der Waals surface area contributed by atoms with Crippen LogP contribution in [0.25, 0.3) is 0 Å². The number of nitrogens with zero attached hydrogens (tertiary/aromatic N) is 2. The van der Waals surface area contributed by atoms with Crippen LogP contribution >= 0.6 is 0 Å². The Hall–Kier alpha value is -0.550. The molecule has 1 rings (SSSR count). The molecule has 0 saturated heterocycles. The maximum atomic E-state index is 9.07. The second kappa shape index (κ2) is 5.51. The molecule has 3 atom stereocenters. The Bertz CT molecular complexity index is 229. The van der Waals surface area contributed by atoms with Gasteiger partial charge in [-0.15, -0.1) is 0 Å². The lowest BCUT2D eigenvalue weighted by atomic mass is 9.99. The van der Waals surface area contributed by atoms with E-state index in [2.05, 4.69) is 38.8 Å². The Morgan fingerprint density at radius 3 is 2.53 bits per heavy atom. The second-order valence-electron chi connectivity index (χ2n) is 5.38. The molecule has 2 heteroatoms. The van der Waals surface area contributed by atoms with Gasteiger partial charge in [-0.2, -0.15) is 5.26 Å². The summed E-state index contributed by atoms with van der Waals surface area (Å²) < 4.78 is 0. The van der Waals surface area contributed by atoms with E-state index in [1.807, 2.05) is 0 Å². The number of hydrogen-bond donors (Lipinski definition) is 0. The smallest absolute Gasteiger partial charge is 0.0672 e. The summed E-state index contributed by atoms with van der Waals surface area (Å²) in [4.78, 5) is 2.43. The Morgan fingerprint density at radius 2 is 2.00 bits per heavy atom. The van der Waals surface area contributed by atoms with Gasteiger partial charge in [0.15, 0.2) is 0 Å². The third-order valence-electron chi connectivity index (χ3n) is 3.68. The summed E-state index contributed by atoms with van der Waals surface area (Å²) in [6.45, 7) is 6.81. The molecule has 0 amide bonds. The van der Waals surface area contributed by atoms with E-state index in [4.69, 9.17) is 5.26 Å². The molecule has 0 bridgehead atoms. The SMILES string of the molecule is CC(C)CC(C)N(C)C1CCCC1C#N. The van der Waals surface area contributed by atoms with Crippen molar-refractivity contribution in [1.82, 2.24) is 4.90 Å². The normalized spacial score (nSPS) is 28.3. The van der Waals surface area contributed by atoms with Crippen LogP contribution in [0.4, 0.5) is 0 Å². The highest BCUT2D eigenvalue weighted by Gasteiger charge is 2.32. The molecule has 3 unspecified atom stereocenters. The molecule has 0 spiro atoms. The van der Waals surface area contributed by atoms with Crippen molar-refractivity contribution in [1.29, 1.82) is 5.26 Å². The van der Waals surface area contributed by atoms with Gasteiger partial charge in [0.05, 0.1) is 12.0 Å². The molecule has 0 aromatic rings. The molecule has 0 aliphatic heterocycles. The molecule has 0 heterocycles. The lowest BCUT2D eigenvalue weighted by Gasteiger charge is -2.33. The lowest BCUT2D eigenvalue weighted by molar-refractivity contribution is 0.149.